The van der Waals surface area contributed by atoms with Crippen molar-refractivity contribution in [3.05, 3.63) is 59.7 Å². The van der Waals surface area contributed by atoms with Crippen molar-refractivity contribution in [1.29, 1.82) is 0 Å². The highest BCUT2D eigenvalue weighted by Gasteiger charge is 2.37. The normalized spacial score (nSPS) is 19.0. The second kappa shape index (κ2) is 7.04. The van der Waals surface area contributed by atoms with Gasteiger partial charge in [-0.15, -0.1) is 0 Å². The Hall–Kier alpha value is -2.71. The molecule has 1 N–H and O–H groups in total. The van der Waals surface area contributed by atoms with E-state index >= 15 is 0 Å². The fraction of sp³-hybridized carbons (Fsp3) is 0.350. The summed E-state index contributed by atoms with van der Waals surface area (Å²) in [4.78, 5) is 22.6. The van der Waals surface area contributed by atoms with Crippen LogP contribution in [0.15, 0.2) is 42.7 Å². The molecule has 5 heteroatoms. The minimum atomic E-state index is -0.395. The highest BCUT2D eigenvalue weighted by atomic mass is 16.3. The summed E-state index contributed by atoms with van der Waals surface area (Å²) in [6.07, 6.45) is 3.31. The third-order valence-electron chi connectivity index (χ3n) is 4.43. The average Bonchev–Trinajstić information content (AvgIpc) is 2.63. The number of amides is 1. The summed E-state index contributed by atoms with van der Waals surface area (Å²) < 4.78 is 0. The van der Waals surface area contributed by atoms with Crippen LogP contribution in [0.1, 0.15) is 42.0 Å². The summed E-state index contributed by atoms with van der Waals surface area (Å²) in [5, 5.41) is 10.0. The number of piperidine rings is 1. The average molecular weight is 335 g/mol. The summed E-state index contributed by atoms with van der Waals surface area (Å²) >= 11 is 0. The van der Waals surface area contributed by atoms with Crippen molar-refractivity contribution in [1.82, 2.24) is 14.9 Å². The molecule has 0 bridgehead atoms. The topological polar surface area (TPSA) is 66.3 Å². The maximum absolute atomic E-state index is 12.6. The largest absolute Gasteiger partial charge is 0.392 e. The summed E-state index contributed by atoms with van der Waals surface area (Å²) in [5.41, 5.74) is 1.25. The van der Waals surface area contributed by atoms with E-state index in [4.69, 9.17) is 0 Å². The maximum atomic E-state index is 12.6. The molecule has 0 aliphatic carbocycles. The molecule has 2 aromatic rings. The van der Waals surface area contributed by atoms with Gasteiger partial charge in [0.2, 0.25) is 5.82 Å². The number of aliphatic hydroxyl groups is 1. The molecule has 1 atom stereocenters. The molecule has 1 fully saturated rings. The van der Waals surface area contributed by atoms with E-state index in [9.17, 15) is 9.90 Å². The maximum Gasteiger partial charge on any atom is 0.291 e. The van der Waals surface area contributed by atoms with Gasteiger partial charge in [0.25, 0.3) is 5.91 Å². The molecule has 0 spiro atoms. The molecule has 1 aliphatic rings. The van der Waals surface area contributed by atoms with Gasteiger partial charge in [-0.25, -0.2) is 9.97 Å². The van der Waals surface area contributed by atoms with E-state index in [-0.39, 0.29) is 17.1 Å². The fourth-order valence-electron chi connectivity index (χ4n) is 2.83. The van der Waals surface area contributed by atoms with Crippen LogP contribution in [0.2, 0.25) is 0 Å². The lowest BCUT2D eigenvalue weighted by atomic mass is 9.81. The van der Waals surface area contributed by atoms with Crippen LogP contribution in [0, 0.1) is 17.3 Å². The zero-order chi connectivity index (χ0) is 17.9. The van der Waals surface area contributed by atoms with Crippen LogP contribution in [0.3, 0.4) is 0 Å². The first-order valence-electron chi connectivity index (χ1n) is 8.32. The lowest BCUT2D eigenvalue weighted by Crippen LogP contribution is -2.50. The predicted octanol–water partition coefficient (Wildman–Crippen LogP) is 2.11. The van der Waals surface area contributed by atoms with Crippen molar-refractivity contribution in [2.45, 2.75) is 26.4 Å². The smallest absolute Gasteiger partial charge is 0.291 e. The minimum Gasteiger partial charge on any atom is -0.392 e. The van der Waals surface area contributed by atoms with Crippen LogP contribution in [0.4, 0.5) is 0 Å². The molecule has 1 saturated heterocycles. The molecule has 128 valence electrons. The fourth-order valence-corrected chi connectivity index (χ4v) is 2.83. The Morgan fingerprint density at radius 2 is 1.80 bits per heavy atom. The molecule has 5 nitrogen and oxygen atoms in total. The number of hydrogen-bond acceptors (Lipinski definition) is 4. The lowest BCUT2D eigenvalue weighted by molar-refractivity contribution is -0.0186. The second-order valence-electron chi connectivity index (χ2n) is 6.93. The van der Waals surface area contributed by atoms with E-state index in [1.54, 1.807) is 17.3 Å². The van der Waals surface area contributed by atoms with Crippen LogP contribution in [0.5, 0.6) is 0 Å². The monoisotopic (exact) mass is 335 g/mol. The second-order valence-corrected chi connectivity index (χ2v) is 6.93. The highest BCUT2D eigenvalue weighted by molar-refractivity contribution is 5.90. The summed E-state index contributed by atoms with van der Waals surface area (Å²) in [7, 11) is 0. The Morgan fingerprint density at radius 3 is 2.44 bits per heavy atom. The molecular formula is C20H21N3O2. The standard InChI is InChI=1S/C20H21N3O2/c1-20(2)14-23(11-10-17(20)24)19(25)18-21-12-16(13-22-18)9-8-15-6-4-3-5-7-15/h3-7,12-13,17,24H,10-11,14H2,1-2H3/t17-/m0/s1. The number of aliphatic hydroxyl groups excluding tert-OH is 1. The Morgan fingerprint density at radius 1 is 1.16 bits per heavy atom. The Kier molecular flexibility index (Phi) is 4.82. The van der Waals surface area contributed by atoms with Gasteiger partial charge in [0.05, 0.1) is 11.7 Å². The predicted molar refractivity (Wildman–Crippen MR) is 94.8 cm³/mol. The number of benzene rings is 1. The van der Waals surface area contributed by atoms with Crippen molar-refractivity contribution in [2.24, 2.45) is 5.41 Å². The van der Waals surface area contributed by atoms with Crippen molar-refractivity contribution in [2.75, 3.05) is 13.1 Å². The van der Waals surface area contributed by atoms with Gasteiger partial charge in [0.1, 0.15) is 0 Å². The molecular weight excluding hydrogens is 314 g/mol. The van der Waals surface area contributed by atoms with Crippen molar-refractivity contribution >= 4 is 5.91 Å². The van der Waals surface area contributed by atoms with Gasteiger partial charge in [-0.1, -0.05) is 43.9 Å². The van der Waals surface area contributed by atoms with E-state index in [0.717, 1.165) is 5.56 Å². The van der Waals surface area contributed by atoms with Crippen LogP contribution < -0.4 is 0 Å². The quantitative estimate of drug-likeness (QED) is 0.811. The number of hydrogen-bond donors (Lipinski definition) is 1. The van der Waals surface area contributed by atoms with Gasteiger partial charge >= 0.3 is 0 Å². The first-order chi connectivity index (χ1) is 12.0. The molecule has 1 amide bonds. The van der Waals surface area contributed by atoms with Gasteiger partial charge in [0, 0.05) is 36.5 Å². The summed E-state index contributed by atoms with van der Waals surface area (Å²) in [6.45, 7) is 4.93. The van der Waals surface area contributed by atoms with Crippen molar-refractivity contribution in [3.63, 3.8) is 0 Å². The van der Waals surface area contributed by atoms with Crippen molar-refractivity contribution < 1.29 is 9.90 Å². The van der Waals surface area contributed by atoms with E-state index in [1.165, 1.54) is 0 Å². The Balaban J connectivity index is 1.70. The van der Waals surface area contributed by atoms with Gasteiger partial charge in [-0.2, -0.15) is 0 Å². The van der Waals surface area contributed by atoms with Gasteiger partial charge in [0.15, 0.2) is 0 Å². The zero-order valence-corrected chi connectivity index (χ0v) is 14.4. The van der Waals surface area contributed by atoms with Crippen LogP contribution >= 0.6 is 0 Å². The van der Waals surface area contributed by atoms with Crippen molar-refractivity contribution in [3.8, 4) is 11.8 Å². The van der Waals surface area contributed by atoms with E-state index in [1.807, 2.05) is 44.2 Å². The molecule has 0 unspecified atom stereocenters. The van der Waals surface area contributed by atoms with Gasteiger partial charge in [-0.05, 0) is 18.6 Å². The number of carbonyl (C=O) groups excluding carboxylic acids is 1. The molecule has 1 aromatic heterocycles. The molecule has 1 aliphatic heterocycles. The Labute approximate surface area is 147 Å². The Bertz CT molecular complexity index is 804. The number of rotatable bonds is 1. The molecule has 0 saturated carbocycles. The summed E-state index contributed by atoms with van der Waals surface area (Å²) in [6, 6.07) is 9.66. The molecule has 2 heterocycles. The molecule has 0 radical (unpaired) electrons. The number of likely N-dealkylation sites (tertiary alicyclic amines) is 1. The van der Waals surface area contributed by atoms with Gasteiger partial charge in [-0.3, -0.25) is 4.79 Å². The van der Waals surface area contributed by atoms with E-state index in [2.05, 4.69) is 21.8 Å². The first kappa shape index (κ1) is 17.1. The number of aromatic nitrogens is 2. The van der Waals surface area contributed by atoms with Gasteiger partial charge < -0.3 is 10.0 Å². The molecule has 25 heavy (non-hydrogen) atoms. The number of nitrogens with zero attached hydrogens (tertiary/aromatic N) is 3. The van der Waals surface area contributed by atoms with E-state index < -0.39 is 6.10 Å². The minimum absolute atomic E-state index is 0.164. The molecule has 1 aromatic carbocycles. The zero-order valence-electron chi connectivity index (χ0n) is 14.4. The third-order valence-corrected chi connectivity index (χ3v) is 4.43. The lowest BCUT2D eigenvalue weighted by Gasteiger charge is -2.41. The summed E-state index contributed by atoms with van der Waals surface area (Å²) in [5.74, 6) is 5.99. The van der Waals surface area contributed by atoms with Crippen LogP contribution in [-0.2, 0) is 0 Å². The molecule has 3 rings (SSSR count). The highest BCUT2D eigenvalue weighted by Crippen LogP contribution is 2.29. The first-order valence-corrected chi connectivity index (χ1v) is 8.32. The number of carbonyl (C=O) groups is 1. The third kappa shape index (κ3) is 4.04. The van der Waals surface area contributed by atoms with E-state index in [0.29, 0.717) is 25.1 Å². The van der Waals surface area contributed by atoms with Crippen LogP contribution in [-0.4, -0.2) is 45.1 Å². The SMILES string of the molecule is CC1(C)CN(C(=O)c2ncc(C#Cc3ccccc3)cn2)CC[C@@H]1O. The van der Waals surface area contributed by atoms with Crippen LogP contribution in [0.25, 0.3) is 0 Å².